The van der Waals surface area contributed by atoms with Crippen molar-refractivity contribution in [3.63, 3.8) is 0 Å². The summed E-state index contributed by atoms with van der Waals surface area (Å²) in [6.45, 7) is 4.68. The molecule has 11 nitrogen and oxygen atoms in total. The molecular weight excluding hydrogens is 753 g/mol. The van der Waals surface area contributed by atoms with E-state index in [9.17, 15) is 5.11 Å². The predicted octanol–water partition coefficient (Wildman–Crippen LogP) is 10.6. The van der Waals surface area contributed by atoms with Gasteiger partial charge in [0, 0.05) is 31.8 Å². The van der Waals surface area contributed by atoms with Crippen LogP contribution in [0.1, 0.15) is 172 Å². The minimum atomic E-state index is -0.691. The fraction of sp³-hybridized carbons (Fsp3) is 0.833. The Kier molecular flexibility index (Phi) is 26.5. The largest absolute Gasteiger partial charge is 0.492 e. The second-order valence-electron chi connectivity index (χ2n) is 16.3. The minimum Gasteiger partial charge on any atom is -0.492 e. The molecule has 7 atom stereocenters. The maximum Gasteiger partial charge on any atom is 0.207 e. The zero-order valence-corrected chi connectivity index (χ0v) is 38.2. The lowest BCUT2D eigenvalue weighted by Gasteiger charge is -2.26. The van der Waals surface area contributed by atoms with Crippen molar-refractivity contribution in [2.24, 2.45) is 0 Å². The van der Waals surface area contributed by atoms with Crippen molar-refractivity contribution >= 4 is 0 Å². The summed E-state index contributed by atoms with van der Waals surface area (Å²) >= 11 is 0. The van der Waals surface area contributed by atoms with E-state index in [0.29, 0.717) is 41.8 Å². The molecule has 0 amide bonds. The summed E-state index contributed by atoms with van der Waals surface area (Å²) in [6.07, 6.45) is 24.8. The van der Waals surface area contributed by atoms with Crippen LogP contribution in [0.25, 0.3) is 0 Å². The normalized spacial score (nSPS) is 20.6. The quantitative estimate of drug-likeness (QED) is 0.0415. The predicted molar refractivity (Wildman–Crippen MR) is 233 cm³/mol. The van der Waals surface area contributed by atoms with Crippen molar-refractivity contribution < 1.29 is 52.5 Å². The van der Waals surface area contributed by atoms with Crippen LogP contribution in [0.2, 0.25) is 0 Å². The molecule has 2 fully saturated rings. The van der Waals surface area contributed by atoms with Gasteiger partial charge in [-0.25, -0.2) is 0 Å². The first kappa shape index (κ1) is 51.1. The van der Waals surface area contributed by atoms with Gasteiger partial charge in [-0.3, -0.25) is 0 Å². The highest BCUT2D eigenvalue weighted by Crippen LogP contribution is 2.51. The van der Waals surface area contributed by atoms with E-state index in [0.717, 1.165) is 82.6 Å². The number of benzene rings is 1. The first-order valence-electron chi connectivity index (χ1n) is 22.9. The van der Waals surface area contributed by atoms with Gasteiger partial charge in [0.15, 0.2) is 11.5 Å². The van der Waals surface area contributed by atoms with Crippen LogP contribution in [0, 0.1) is 18.8 Å². The second kappa shape index (κ2) is 30.7. The highest BCUT2D eigenvalue weighted by atomic mass is 16.7. The Balaban J connectivity index is 1.33. The molecule has 0 spiro atoms. The molecule has 1 aromatic carbocycles. The van der Waals surface area contributed by atoms with Gasteiger partial charge < -0.3 is 52.5 Å². The monoisotopic (exact) mass is 835 g/mol. The zero-order chi connectivity index (χ0) is 42.7. The number of rotatable bonds is 33. The Labute approximate surface area is 358 Å². The molecule has 0 aromatic heterocycles. The first-order chi connectivity index (χ1) is 28.9. The number of aliphatic hydroxyl groups excluding tert-OH is 1. The van der Waals surface area contributed by atoms with Crippen molar-refractivity contribution in [1.82, 2.24) is 0 Å². The number of aliphatic hydroxyl groups is 1. The van der Waals surface area contributed by atoms with Crippen molar-refractivity contribution in [1.29, 1.82) is 0 Å². The Bertz CT molecular complexity index is 1310. The molecule has 340 valence electrons. The zero-order valence-electron chi connectivity index (χ0n) is 38.2. The van der Waals surface area contributed by atoms with Crippen molar-refractivity contribution in [3.8, 4) is 34.8 Å². The van der Waals surface area contributed by atoms with Gasteiger partial charge >= 0.3 is 0 Å². The number of unbranched alkanes of at least 4 members (excludes halogenated alkanes) is 15. The highest BCUT2D eigenvalue weighted by Gasteiger charge is 2.42. The third-order valence-corrected chi connectivity index (χ3v) is 12.0. The van der Waals surface area contributed by atoms with E-state index < -0.39 is 6.10 Å². The van der Waals surface area contributed by atoms with Crippen LogP contribution < -0.4 is 18.9 Å². The van der Waals surface area contributed by atoms with E-state index in [2.05, 4.69) is 18.8 Å². The van der Waals surface area contributed by atoms with E-state index in [4.69, 9.17) is 47.4 Å². The van der Waals surface area contributed by atoms with Crippen LogP contribution in [0.3, 0.4) is 0 Å². The summed E-state index contributed by atoms with van der Waals surface area (Å²) in [5, 5.41) is 11.2. The third kappa shape index (κ3) is 17.2. The fourth-order valence-corrected chi connectivity index (χ4v) is 8.76. The van der Waals surface area contributed by atoms with Gasteiger partial charge in [-0.15, -0.1) is 5.92 Å². The molecule has 0 radical (unpaired) electrons. The van der Waals surface area contributed by atoms with Crippen LogP contribution in [-0.2, 0) is 28.4 Å². The standard InChI is InChI=1S/C48H82O11/c1-9-10-11-12-13-19-22-25-28-38(56-34-50-3)40-30-32-42(58-40)43-33-31-41(59-43)39(57-35-51-4)29-26-23-20-17-15-14-16-18-21-24-27-37(49)44-36(2)45(52-5)47(54-7)48(55-8)46(44)53-6/h37-43,49H,9-25,27-28,30-35H2,1-8H3/t37?,38-,39?,40-,41-,42-,43-/m0/s1. The summed E-state index contributed by atoms with van der Waals surface area (Å²) < 4.78 is 58.3. The molecule has 2 aliphatic heterocycles. The molecule has 0 aliphatic carbocycles. The van der Waals surface area contributed by atoms with E-state index in [-0.39, 0.29) is 43.4 Å². The van der Waals surface area contributed by atoms with Gasteiger partial charge in [0.2, 0.25) is 11.5 Å². The van der Waals surface area contributed by atoms with Gasteiger partial charge in [-0.2, -0.15) is 0 Å². The number of methoxy groups -OCH3 is 6. The van der Waals surface area contributed by atoms with E-state index in [1.165, 1.54) is 64.2 Å². The summed E-state index contributed by atoms with van der Waals surface area (Å²) in [4.78, 5) is 0. The Morgan fingerprint density at radius 3 is 1.64 bits per heavy atom. The molecule has 2 saturated heterocycles. The Morgan fingerprint density at radius 2 is 1.07 bits per heavy atom. The summed E-state index contributed by atoms with van der Waals surface area (Å²) in [5.41, 5.74) is 1.49. The lowest BCUT2D eigenvalue weighted by atomic mass is 9.95. The van der Waals surface area contributed by atoms with Gasteiger partial charge in [0.1, 0.15) is 19.7 Å². The van der Waals surface area contributed by atoms with Crippen LogP contribution >= 0.6 is 0 Å². The lowest BCUT2D eigenvalue weighted by molar-refractivity contribution is -0.150. The molecule has 0 bridgehead atoms. The van der Waals surface area contributed by atoms with Crippen molar-refractivity contribution in [2.45, 2.75) is 204 Å². The van der Waals surface area contributed by atoms with Gasteiger partial charge in [-0.05, 0) is 51.9 Å². The van der Waals surface area contributed by atoms with Crippen LogP contribution in [0.15, 0.2) is 0 Å². The topological polar surface area (TPSA) is 113 Å². The highest BCUT2D eigenvalue weighted by molar-refractivity contribution is 5.67. The van der Waals surface area contributed by atoms with E-state index >= 15 is 0 Å². The molecule has 2 unspecified atom stereocenters. The smallest absolute Gasteiger partial charge is 0.207 e. The summed E-state index contributed by atoms with van der Waals surface area (Å²) in [7, 11) is 9.62. The number of hydrogen-bond donors (Lipinski definition) is 1. The second-order valence-corrected chi connectivity index (χ2v) is 16.3. The van der Waals surface area contributed by atoms with Crippen molar-refractivity contribution in [2.75, 3.05) is 56.2 Å². The maximum absolute atomic E-state index is 11.2. The van der Waals surface area contributed by atoms with Gasteiger partial charge in [0.05, 0.1) is 65.1 Å². The minimum absolute atomic E-state index is 0.0473. The Morgan fingerprint density at radius 1 is 0.576 bits per heavy atom. The molecule has 2 aliphatic rings. The van der Waals surface area contributed by atoms with Crippen LogP contribution in [-0.4, -0.2) is 98.0 Å². The molecule has 59 heavy (non-hydrogen) atoms. The average molecular weight is 835 g/mol. The Hall–Kier alpha value is -2.30. The van der Waals surface area contributed by atoms with Crippen LogP contribution in [0.5, 0.6) is 23.0 Å². The van der Waals surface area contributed by atoms with E-state index in [1.807, 2.05) is 6.92 Å². The summed E-state index contributed by atoms with van der Waals surface area (Å²) in [6, 6.07) is 0. The first-order valence-corrected chi connectivity index (χ1v) is 22.9. The molecule has 0 saturated carbocycles. The van der Waals surface area contributed by atoms with Crippen LogP contribution in [0.4, 0.5) is 0 Å². The number of hydrogen-bond acceptors (Lipinski definition) is 11. The lowest BCUT2D eigenvalue weighted by Crippen LogP contribution is -2.35. The van der Waals surface area contributed by atoms with Gasteiger partial charge in [0.25, 0.3) is 0 Å². The molecule has 1 N–H and O–H groups in total. The third-order valence-electron chi connectivity index (χ3n) is 12.0. The number of ether oxygens (including phenoxy) is 10. The molecule has 1 aromatic rings. The van der Waals surface area contributed by atoms with Gasteiger partial charge in [-0.1, -0.05) is 109 Å². The SMILES string of the molecule is CCCCCCCCCC[C@H](OCOC)[C@@H]1CC[C@@H]([C@@H]2CC[C@@H](C(C#CCCCCCCCCCCC(O)c3c(C)c(OC)c(OC)c(OC)c3OC)OCOC)O2)O1. The van der Waals surface area contributed by atoms with E-state index in [1.54, 1.807) is 42.7 Å². The average Bonchev–Trinajstić information content (AvgIpc) is 3.95. The molecule has 3 rings (SSSR count). The van der Waals surface area contributed by atoms with Crippen molar-refractivity contribution in [3.05, 3.63) is 11.1 Å². The molecule has 11 heteroatoms. The summed E-state index contributed by atoms with van der Waals surface area (Å²) in [5.74, 6) is 8.70. The molecular formula is C48H82O11. The molecule has 2 heterocycles. The fourth-order valence-electron chi connectivity index (χ4n) is 8.76. The maximum atomic E-state index is 11.2.